The first-order chi connectivity index (χ1) is 9.86. The molecule has 8 heteroatoms. The van der Waals surface area contributed by atoms with Gasteiger partial charge in [-0.3, -0.25) is 0 Å². The number of anilines is 1. The number of aromatic nitrogens is 2. The highest BCUT2D eigenvalue weighted by atomic mass is 35.5. The van der Waals surface area contributed by atoms with E-state index in [1.54, 1.807) is 6.92 Å². The molecular weight excluding hydrogens is 299 g/mol. The number of benzene rings is 1. The van der Waals surface area contributed by atoms with Gasteiger partial charge in [-0.2, -0.15) is 0 Å². The zero-order valence-electron chi connectivity index (χ0n) is 11.1. The van der Waals surface area contributed by atoms with Gasteiger partial charge in [0.2, 0.25) is 5.95 Å². The maximum atomic E-state index is 14.0. The molecule has 1 amide bonds. The third-order valence-electron chi connectivity index (χ3n) is 2.79. The van der Waals surface area contributed by atoms with Crippen molar-refractivity contribution in [3.8, 4) is 5.75 Å². The van der Waals surface area contributed by atoms with Crippen molar-refractivity contribution >= 4 is 23.6 Å². The van der Waals surface area contributed by atoms with Gasteiger partial charge in [0.25, 0.3) is 0 Å². The van der Waals surface area contributed by atoms with Crippen LogP contribution in [0.1, 0.15) is 16.8 Å². The Kier molecular flexibility index (Phi) is 4.23. The van der Waals surface area contributed by atoms with E-state index in [4.69, 9.17) is 23.1 Å². The lowest BCUT2D eigenvalue weighted by Crippen LogP contribution is -2.16. The van der Waals surface area contributed by atoms with Crippen molar-refractivity contribution in [2.24, 2.45) is 5.73 Å². The molecule has 0 fully saturated rings. The molecule has 2 aromatic rings. The van der Waals surface area contributed by atoms with Gasteiger partial charge in [0, 0.05) is 23.7 Å². The number of hydrogen-bond donors (Lipinski definition) is 2. The Labute approximate surface area is 124 Å². The molecule has 0 spiro atoms. The number of rotatable bonds is 3. The predicted molar refractivity (Wildman–Crippen MR) is 75.6 cm³/mol. The summed E-state index contributed by atoms with van der Waals surface area (Å²) < 4.78 is 18.6. The summed E-state index contributed by atoms with van der Waals surface area (Å²) >= 11 is 6.00. The first-order valence-corrected chi connectivity index (χ1v) is 6.29. The van der Waals surface area contributed by atoms with E-state index in [1.807, 2.05) is 0 Å². The van der Waals surface area contributed by atoms with E-state index in [9.17, 15) is 9.18 Å². The lowest BCUT2D eigenvalue weighted by molar-refractivity contribution is 0.210. The highest BCUT2D eigenvalue weighted by Crippen LogP contribution is 2.24. The molecule has 0 bridgehead atoms. The first-order valence-electron chi connectivity index (χ1n) is 5.91. The van der Waals surface area contributed by atoms with Crippen molar-refractivity contribution < 1.29 is 13.9 Å². The van der Waals surface area contributed by atoms with Gasteiger partial charge in [0.1, 0.15) is 16.7 Å². The zero-order chi connectivity index (χ0) is 15.6. The number of nitrogen functional groups attached to an aromatic ring is 1. The number of nitrogens with zero attached hydrogens (tertiary/aromatic N) is 2. The minimum absolute atomic E-state index is 0.0279. The van der Waals surface area contributed by atoms with Crippen molar-refractivity contribution in [3.05, 3.63) is 46.0 Å². The molecule has 21 heavy (non-hydrogen) atoms. The third-order valence-corrected chi connectivity index (χ3v) is 3.10. The molecule has 0 saturated carbocycles. The fourth-order valence-corrected chi connectivity index (χ4v) is 2.11. The summed E-state index contributed by atoms with van der Waals surface area (Å²) in [6.45, 7) is 1.71. The normalized spacial score (nSPS) is 10.4. The maximum Gasteiger partial charge on any atom is 0.409 e. The van der Waals surface area contributed by atoms with E-state index in [-0.39, 0.29) is 23.3 Å². The van der Waals surface area contributed by atoms with Crippen LogP contribution in [0.3, 0.4) is 0 Å². The molecule has 1 aromatic heterocycles. The van der Waals surface area contributed by atoms with Gasteiger partial charge in [-0.1, -0.05) is 17.7 Å². The zero-order valence-corrected chi connectivity index (χ0v) is 11.8. The van der Waals surface area contributed by atoms with Crippen LogP contribution in [0.15, 0.2) is 18.2 Å². The number of halogens is 2. The van der Waals surface area contributed by atoms with Crippen molar-refractivity contribution in [3.63, 3.8) is 0 Å². The summed E-state index contributed by atoms with van der Waals surface area (Å²) in [5.74, 6) is -0.465. The Bertz CT molecular complexity index is 686. The van der Waals surface area contributed by atoms with Crippen LogP contribution in [0.5, 0.6) is 5.75 Å². The van der Waals surface area contributed by atoms with E-state index in [0.29, 0.717) is 16.8 Å². The van der Waals surface area contributed by atoms with Gasteiger partial charge in [0.15, 0.2) is 0 Å². The molecule has 0 aliphatic carbocycles. The van der Waals surface area contributed by atoms with Crippen molar-refractivity contribution in [2.75, 3.05) is 5.73 Å². The smallest absolute Gasteiger partial charge is 0.409 e. The van der Waals surface area contributed by atoms with Crippen LogP contribution in [0.25, 0.3) is 0 Å². The molecule has 2 rings (SSSR count). The molecule has 1 heterocycles. The largest absolute Gasteiger partial charge is 0.410 e. The van der Waals surface area contributed by atoms with Gasteiger partial charge in [0.05, 0.1) is 0 Å². The summed E-state index contributed by atoms with van der Waals surface area (Å²) in [6, 6.07) is 3.98. The monoisotopic (exact) mass is 310 g/mol. The van der Waals surface area contributed by atoms with Crippen LogP contribution in [0.4, 0.5) is 15.1 Å². The summed E-state index contributed by atoms with van der Waals surface area (Å²) in [7, 11) is 0. The lowest BCUT2D eigenvalue weighted by Gasteiger charge is -2.09. The fourth-order valence-electron chi connectivity index (χ4n) is 1.82. The summed E-state index contributed by atoms with van der Waals surface area (Å²) in [5, 5.41) is 0.178. The molecule has 6 nitrogen and oxygen atoms in total. The van der Waals surface area contributed by atoms with E-state index in [1.165, 1.54) is 12.1 Å². The van der Waals surface area contributed by atoms with Crippen molar-refractivity contribution in [2.45, 2.75) is 13.3 Å². The Morgan fingerprint density at radius 3 is 2.71 bits per heavy atom. The quantitative estimate of drug-likeness (QED) is 0.846. The number of amides is 1. The van der Waals surface area contributed by atoms with Crippen LogP contribution in [-0.4, -0.2) is 16.1 Å². The van der Waals surface area contributed by atoms with Gasteiger partial charge in [-0.15, -0.1) is 0 Å². The van der Waals surface area contributed by atoms with Gasteiger partial charge < -0.3 is 16.2 Å². The standard InChI is InChI=1S/C13H12ClFN4O2/c1-6-9(11(14)19-12(16)18-6)4-7-2-3-8(5-10(7)15)21-13(17)20/h2-3,5H,4H2,1H3,(H2,17,20)(H2,16,18,19). The van der Waals surface area contributed by atoms with Crippen LogP contribution in [-0.2, 0) is 6.42 Å². The third kappa shape index (κ3) is 3.57. The Morgan fingerprint density at radius 2 is 2.14 bits per heavy atom. The van der Waals surface area contributed by atoms with E-state index < -0.39 is 11.9 Å². The summed E-state index contributed by atoms with van der Waals surface area (Å²) in [6.07, 6.45) is -0.818. The minimum atomic E-state index is -1.01. The Hall–Kier alpha value is -2.41. The van der Waals surface area contributed by atoms with Gasteiger partial charge in [-0.25, -0.2) is 19.2 Å². The highest BCUT2D eigenvalue weighted by molar-refractivity contribution is 6.30. The molecule has 4 N–H and O–H groups in total. The fraction of sp³-hybridized carbons (Fsp3) is 0.154. The Morgan fingerprint density at radius 1 is 1.43 bits per heavy atom. The van der Waals surface area contributed by atoms with Crippen LogP contribution in [0.2, 0.25) is 5.15 Å². The molecule has 0 unspecified atom stereocenters. The van der Waals surface area contributed by atoms with Crippen LogP contribution < -0.4 is 16.2 Å². The number of aryl methyl sites for hydroxylation is 1. The molecule has 0 aliphatic rings. The van der Waals surface area contributed by atoms with Crippen molar-refractivity contribution in [1.82, 2.24) is 9.97 Å². The average Bonchev–Trinajstić information content (AvgIpc) is 2.35. The molecule has 0 aliphatic heterocycles. The minimum Gasteiger partial charge on any atom is -0.410 e. The van der Waals surface area contributed by atoms with E-state index in [0.717, 1.165) is 6.07 Å². The second kappa shape index (κ2) is 5.92. The topological polar surface area (TPSA) is 104 Å². The number of hydrogen-bond acceptors (Lipinski definition) is 5. The van der Waals surface area contributed by atoms with Crippen LogP contribution in [0, 0.1) is 12.7 Å². The number of carbonyl (C=O) groups excluding carboxylic acids is 1. The first kappa shape index (κ1) is 15.0. The number of carbonyl (C=O) groups is 1. The van der Waals surface area contributed by atoms with Gasteiger partial charge >= 0.3 is 6.09 Å². The molecule has 110 valence electrons. The molecule has 0 radical (unpaired) electrons. The molecule has 0 saturated heterocycles. The second-order valence-corrected chi connectivity index (χ2v) is 4.65. The number of primary amides is 1. The van der Waals surface area contributed by atoms with Crippen LogP contribution >= 0.6 is 11.6 Å². The second-order valence-electron chi connectivity index (χ2n) is 4.29. The van der Waals surface area contributed by atoms with E-state index >= 15 is 0 Å². The van der Waals surface area contributed by atoms with E-state index in [2.05, 4.69) is 14.7 Å². The number of ether oxygens (including phenoxy) is 1. The molecule has 1 aromatic carbocycles. The lowest BCUT2D eigenvalue weighted by atomic mass is 10.0. The van der Waals surface area contributed by atoms with Gasteiger partial charge in [-0.05, 0) is 18.6 Å². The SMILES string of the molecule is Cc1nc(N)nc(Cl)c1Cc1ccc(OC(N)=O)cc1F. The highest BCUT2D eigenvalue weighted by Gasteiger charge is 2.13. The summed E-state index contributed by atoms with van der Waals surface area (Å²) in [4.78, 5) is 18.4. The molecule has 0 atom stereocenters. The Balaban J connectivity index is 2.30. The van der Waals surface area contributed by atoms with Crippen molar-refractivity contribution in [1.29, 1.82) is 0 Å². The molecular formula is C13H12ClFN4O2. The number of nitrogens with two attached hydrogens (primary N) is 2. The average molecular weight is 311 g/mol. The maximum absolute atomic E-state index is 14.0. The summed E-state index contributed by atoms with van der Waals surface area (Å²) in [5.41, 5.74) is 11.8. The predicted octanol–water partition coefficient (Wildman–Crippen LogP) is 2.21.